The van der Waals surface area contributed by atoms with Crippen LogP contribution in [0.2, 0.25) is 0 Å². The van der Waals surface area contributed by atoms with E-state index in [0.717, 1.165) is 44.9 Å². The molecular formula is C41H80NO9P. The van der Waals surface area contributed by atoms with Crippen molar-refractivity contribution in [3.8, 4) is 0 Å². The number of aliphatic carboxylic acids is 1. The number of nitrogens with two attached hydrogens (primary N) is 1. The summed E-state index contributed by atoms with van der Waals surface area (Å²) in [5.41, 5.74) is 5.35. The Bertz CT molecular complexity index is 888. The highest BCUT2D eigenvalue weighted by atomic mass is 31.2. The zero-order valence-electron chi connectivity index (χ0n) is 33.4. The molecule has 308 valence electrons. The minimum absolute atomic E-state index is 0.0177. The molecule has 0 spiro atoms. The summed E-state index contributed by atoms with van der Waals surface area (Å²) in [7, 11) is -4.61. The third-order valence-electron chi connectivity index (χ3n) is 9.29. The molecule has 0 aliphatic carbocycles. The van der Waals surface area contributed by atoms with Crippen LogP contribution < -0.4 is 5.73 Å². The van der Waals surface area contributed by atoms with E-state index >= 15 is 0 Å². The van der Waals surface area contributed by atoms with Crippen molar-refractivity contribution in [3.63, 3.8) is 0 Å². The first-order valence-corrected chi connectivity index (χ1v) is 22.7. The molecule has 0 aromatic rings. The summed E-state index contributed by atoms with van der Waals surface area (Å²) in [5, 5.41) is 8.88. The molecule has 0 bridgehead atoms. The van der Waals surface area contributed by atoms with Crippen molar-refractivity contribution in [1.29, 1.82) is 0 Å². The molecule has 0 aromatic heterocycles. The van der Waals surface area contributed by atoms with Gasteiger partial charge in [-0.05, 0) is 32.1 Å². The minimum Gasteiger partial charge on any atom is -0.480 e. The average Bonchev–Trinajstić information content (AvgIpc) is 3.12. The number of hydrogen-bond donors (Lipinski definition) is 3. The molecule has 0 heterocycles. The molecule has 0 saturated carbocycles. The Balaban J connectivity index is 4.19. The number of hydrogen-bond acceptors (Lipinski definition) is 8. The molecule has 0 saturated heterocycles. The van der Waals surface area contributed by atoms with Crippen LogP contribution in [0, 0.1) is 0 Å². The fraction of sp³-hybridized carbons (Fsp3) is 0.902. The van der Waals surface area contributed by atoms with Crippen molar-refractivity contribution in [2.24, 2.45) is 5.73 Å². The molecule has 0 aliphatic rings. The zero-order valence-corrected chi connectivity index (χ0v) is 34.3. The van der Waals surface area contributed by atoms with E-state index in [1.165, 1.54) is 135 Å². The van der Waals surface area contributed by atoms with E-state index in [1.54, 1.807) is 0 Å². The molecule has 0 amide bonds. The number of carboxylic acid groups (broad SMARTS) is 1. The average molecular weight is 762 g/mol. The second kappa shape index (κ2) is 38.0. The van der Waals surface area contributed by atoms with Gasteiger partial charge in [0.2, 0.25) is 0 Å². The lowest BCUT2D eigenvalue weighted by atomic mass is 10.0. The second-order valence-electron chi connectivity index (χ2n) is 14.5. The summed E-state index contributed by atoms with van der Waals surface area (Å²) < 4.78 is 33.3. The number of phosphoric ester groups is 1. The quantitative estimate of drug-likeness (QED) is 0.0237. The number of allylic oxidation sites excluding steroid dienone is 2. The van der Waals surface area contributed by atoms with Crippen LogP contribution in [0.4, 0.5) is 0 Å². The van der Waals surface area contributed by atoms with E-state index in [2.05, 4.69) is 26.0 Å². The molecule has 10 nitrogen and oxygen atoms in total. The lowest BCUT2D eigenvalue weighted by molar-refractivity contribution is -0.154. The highest BCUT2D eigenvalue weighted by molar-refractivity contribution is 7.47. The summed E-state index contributed by atoms with van der Waals surface area (Å²) in [6, 6.07) is -1.47. The summed E-state index contributed by atoms with van der Waals surface area (Å²) in [6.45, 7) is 3.86. The first-order chi connectivity index (χ1) is 25.2. The molecule has 3 atom stereocenters. The van der Waals surface area contributed by atoms with E-state index < -0.39 is 45.1 Å². The van der Waals surface area contributed by atoms with Gasteiger partial charge in [0.1, 0.15) is 12.1 Å². The van der Waals surface area contributed by atoms with Gasteiger partial charge in [-0.2, -0.15) is 0 Å². The lowest BCUT2D eigenvalue weighted by Crippen LogP contribution is -2.34. The number of rotatable bonds is 41. The largest absolute Gasteiger partial charge is 0.480 e. The number of carbonyl (C=O) groups is 2. The molecule has 0 radical (unpaired) electrons. The molecule has 0 fully saturated rings. The van der Waals surface area contributed by atoms with Crippen molar-refractivity contribution in [2.75, 3.05) is 26.4 Å². The third-order valence-corrected chi connectivity index (χ3v) is 10.2. The summed E-state index contributed by atoms with van der Waals surface area (Å²) >= 11 is 0. The van der Waals surface area contributed by atoms with Crippen molar-refractivity contribution in [2.45, 2.75) is 212 Å². The Morgan fingerprint density at radius 2 is 1.02 bits per heavy atom. The third kappa shape index (κ3) is 37.0. The first-order valence-electron chi connectivity index (χ1n) is 21.2. The van der Waals surface area contributed by atoms with E-state index in [-0.39, 0.29) is 13.0 Å². The summed E-state index contributed by atoms with van der Waals surface area (Å²) in [4.78, 5) is 33.5. The van der Waals surface area contributed by atoms with Crippen LogP contribution in [0.1, 0.15) is 200 Å². The predicted molar refractivity (Wildman–Crippen MR) is 212 cm³/mol. The van der Waals surface area contributed by atoms with Crippen molar-refractivity contribution in [1.82, 2.24) is 0 Å². The molecule has 4 N–H and O–H groups in total. The van der Waals surface area contributed by atoms with E-state index in [4.69, 9.17) is 29.4 Å². The SMILES string of the molecule is CCCC/C=C\CCCCCCCCOCC(COP(=O)(O)OCC(N)C(=O)O)OC(=O)CCCCCCCCCCCCCCCCCCCC. The van der Waals surface area contributed by atoms with Gasteiger partial charge >= 0.3 is 19.8 Å². The van der Waals surface area contributed by atoms with Crippen molar-refractivity contribution < 1.29 is 42.7 Å². The van der Waals surface area contributed by atoms with Crippen LogP contribution in [0.25, 0.3) is 0 Å². The number of carboxylic acids is 1. The number of esters is 1. The van der Waals surface area contributed by atoms with Crippen molar-refractivity contribution in [3.05, 3.63) is 12.2 Å². The zero-order chi connectivity index (χ0) is 38.4. The van der Waals surface area contributed by atoms with Crippen LogP contribution in [0.15, 0.2) is 12.2 Å². The monoisotopic (exact) mass is 762 g/mol. The Labute approximate surface area is 318 Å². The van der Waals surface area contributed by atoms with Gasteiger partial charge in [0.05, 0.1) is 19.8 Å². The Kier molecular flexibility index (Phi) is 37.1. The molecule has 0 rings (SSSR count). The normalized spacial score (nSPS) is 14.1. The molecule has 52 heavy (non-hydrogen) atoms. The van der Waals surface area contributed by atoms with Crippen LogP contribution in [-0.4, -0.2) is 60.5 Å². The smallest absolute Gasteiger partial charge is 0.472 e. The molecule has 0 aliphatic heterocycles. The maximum atomic E-state index is 12.6. The van der Waals surface area contributed by atoms with E-state index in [1.807, 2.05) is 0 Å². The highest BCUT2D eigenvalue weighted by Crippen LogP contribution is 2.43. The number of phosphoric acid groups is 1. The minimum atomic E-state index is -4.61. The second-order valence-corrected chi connectivity index (χ2v) is 15.9. The maximum Gasteiger partial charge on any atom is 0.472 e. The number of ether oxygens (including phenoxy) is 2. The van der Waals surface area contributed by atoms with Gasteiger partial charge in [0, 0.05) is 13.0 Å². The maximum absolute atomic E-state index is 12.6. The lowest BCUT2D eigenvalue weighted by Gasteiger charge is -2.20. The van der Waals surface area contributed by atoms with Crippen LogP contribution in [0.3, 0.4) is 0 Å². The fourth-order valence-corrected chi connectivity index (χ4v) is 6.72. The molecule has 3 unspecified atom stereocenters. The topological polar surface area (TPSA) is 155 Å². The van der Waals surface area contributed by atoms with Gasteiger partial charge < -0.3 is 25.2 Å². The van der Waals surface area contributed by atoms with Gasteiger partial charge in [-0.1, -0.05) is 174 Å². The van der Waals surface area contributed by atoms with E-state index in [0.29, 0.717) is 6.61 Å². The van der Waals surface area contributed by atoms with Crippen LogP contribution >= 0.6 is 7.82 Å². The van der Waals surface area contributed by atoms with Gasteiger partial charge in [-0.15, -0.1) is 0 Å². The van der Waals surface area contributed by atoms with Crippen LogP contribution in [-0.2, 0) is 32.7 Å². The van der Waals surface area contributed by atoms with Gasteiger partial charge in [0.25, 0.3) is 0 Å². The van der Waals surface area contributed by atoms with Gasteiger partial charge in [0.15, 0.2) is 0 Å². The molecule has 0 aromatic carbocycles. The number of carbonyl (C=O) groups excluding carboxylic acids is 1. The van der Waals surface area contributed by atoms with Gasteiger partial charge in [-0.3, -0.25) is 18.6 Å². The molecular weight excluding hydrogens is 681 g/mol. The van der Waals surface area contributed by atoms with Gasteiger partial charge in [-0.25, -0.2) is 4.57 Å². The van der Waals surface area contributed by atoms with E-state index in [9.17, 15) is 19.0 Å². The standard InChI is InChI=1S/C41H80NO9P/c1-3-5-7-9-11-13-15-17-18-19-20-21-22-23-25-27-29-31-33-40(43)51-38(36-49-52(46,47)50-37-39(42)41(44)45)35-48-34-32-30-28-26-24-16-14-12-10-8-6-4-2/h10,12,38-39H,3-9,11,13-37,42H2,1-2H3,(H,44,45)(H,46,47)/b12-10-. The highest BCUT2D eigenvalue weighted by Gasteiger charge is 2.27. The summed E-state index contributed by atoms with van der Waals surface area (Å²) in [6.07, 6.45) is 38.3. The Morgan fingerprint density at radius 3 is 1.52 bits per heavy atom. The van der Waals surface area contributed by atoms with Crippen LogP contribution in [0.5, 0.6) is 0 Å². The predicted octanol–water partition coefficient (Wildman–Crippen LogP) is 11.4. The first kappa shape index (κ1) is 50.7. The fourth-order valence-electron chi connectivity index (χ4n) is 5.94. The summed E-state index contributed by atoms with van der Waals surface area (Å²) in [5.74, 6) is -1.77. The number of unbranched alkanes of at least 4 members (excludes halogenated alkanes) is 25. The van der Waals surface area contributed by atoms with Crippen molar-refractivity contribution >= 4 is 19.8 Å². The Morgan fingerprint density at radius 1 is 0.596 bits per heavy atom. The Hall–Kier alpha value is -1.29. The molecule has 11 heteroatoms.